The number of hydrogen-bond donors (Lipinski definition) is 2. The number of para-hydroxylation sites is 1. The molecule has 0 saturated carbocycles. The molecule has 0 radical (unpaired) electrons. The Balaban J connectivity index is 1.61. The lowest BCUT2D eigenvalue weighted by atomic mass is 10.1. The fraction of sp³-hybridized carbons (Fsp3) is 0.333. The van der Waals surface area contributed by atoms with Gasteiger partial charge < -0.3 is 15.4 Å². The Kier molecular flexibility index (Phi) is 10.8. The number of ether oxygens (including phenoxy) is 1. The molecule has 190 valence electrons. The number of unbranched alkanes of at least 4 members (excludes halogenated alkanes) is 3. The fourth-order valence-electron chi connectivity index (χ4n) is 3.76. The summed E-state index contributed by atoms with van der Waals surface area (Å²) in [6, 6.07) is 24.5. The number of carbonyl (C=O) groups excluding carboxylic acids is 2. The number of rotatable bonds is 13. The molecule has 3 aromatic rings. The monoisotopic (exact) mass is 487 g/mol. The number of nitrogens with zero attached hydrogens (tertiary/aromatic N) is 1. The summed E-state index contributed by atoms with van der Waals surface area (Å²) in [5, 5.41) is 5.96. The molecule has 2 N–H and O–H groups in total. The van der Waals surface area contributed by atoms with Gasteiger partial charge in [-0.25, -0.2) is 4.79 Å². The van der Waals surface area contributed by atoms with E-state index in [1.807, 2.05) is 85.8 Å². The lowest BCUT2D eigenvalue weighted by molar-refractivity contribution is -0.121. The van der Waals surface area contributed by atoms with E-state index in [0.717, 1.165) is 48.4 Å². The maximum Gasteiger partial charge on any atom is 0.326 e. The molecule has 0 spiro atoms. The van der Waals surface area contributed by atoms with Gasteiger partial charge in [0.05, 0.1) is 0 Å². The van der Waals surface area contributed by atoms with Crippen molar-refractivity contribution in [2.75, 3.05) is 23.3 Å². The molecule has 0 aromatic heterocycles. The van der Waals surface area contributed by atoms with Gasteiger partial charge in [0.25, 0.3) is 0 Å². The second-order valence-corrected chi connectivity index (χ2v) is 8.87. The molecule has 0 aliphatic heterocycles. The molecule has 3 aromatic carbocycles. The highest BCUT2D eigenvalue weighted by molar-refractivity contribution is 6.01. The SMILES string of the molecule is CCCCCCC(=O)NCCCN(C(=O)Nc1ccc(C)cc1)c1ccc(Oc2ccccc2)cc1. The van der Waals surface area contributed by atoms with E-state index in [4.69, 9.17) is 4.74 Å². The molecule has 0 atom stereocenters. The average molecular weight is 488 g/mol. The minimum absolute atomic E-state index is 0.0733. The van der Waals surface area contributed by atoms with Gasteiger partial charge in [0, 0.05) is 30.9 Å². The first kappa shape index (κ1) is 26.8. The third-order valence-electron chi connectivity index (χ3n) is 5.81. The van der Waals surface area contributed by atoms with Gasteiger partial charge in [-0.05, 0) is 68.3 Å². The van der Waals surface area contributed by atoms with Gasteiger partial charge in [0.15, 0.2) is 0 Å². The topological polar surface area (TPSA) is 70.7 Å². The molecule has 36 heavy (non-hydrogen) atoms. The van der Waals surface area contributed by atoms with E-state index in [1.54, 1.807) is 4.90 Å². The van der Waals surface area contributed by atoms with Crippen molar-refractivity contribution < 1.29 is 14.3 Å². The molecule has 0 aliphatic carbocycles. The number of amides is 3. The summed E-state index contributed by atoms with van der Waals surface area (Å²) < 4.78 is 5.89. The van der Waals surface area contributed by atoms with Crippen molar-refractivity contribution in [3.05, 3.63) is 84.4 Å². The Hall–Kier alpha value is -3.80. The summed E-state index contributed by atoms with van der Waals surface area (Å²) in [4.78, 5) is 27.0. The zero-order valence-electron chi connectivity index (χ0n) is 21.3. The first-order valence-electron chi connectivity index (χ1n) is 12.8. The van der Waals surface area contributed by atoms with Gasteiger partial charge in [-0.15, -0.1) is 0 Å². The van der Waals surface area contributed by atoms with Crippen LogP contribution in [-0.4, -0.2) is 25.0 Å². The lowest BCUT2D eigenvalue weighted by Gasteiger charge is -2.24. The summed E-state index contributed by atoms with van der Waals surface area (Å²) in [5.41, 5.74) is 2.62. The Morgan fingerprint density at radius 3 is 2.19 bits per heavy atom. The zero-order chi connectivity index (χ0) is 25.6. The van der Waals surface area contributed by atoms with E-state index in [0.29, 0.717) is 31.7 Å². The molecule has 0 bridgehead atoms. The molecule has 0 saturated heterocycles. The largest absolute Gasteiger partial charge is 0.457 e. The third kappa shape index (κ3) is 9.10. The Morgan fingerprint density at radius 2 is 1.50 bits per heavy atom. The van der Waals surface area contributed by atoms with Gasteiger partial charge in [-0.1, -0.05) is 62.1 Å². The molecule has 6 nitrogen and oxygen atoms in total. The third-order valence-corrected chi connectivity index (χ3v) is 5.81. The van der Waals surface area contributed by atoms with Crippen LogP contribution in [0.2, 0.25) is 0 Å². The maximum absolute atomic E-state index is 13.2. The van der Waals surface area contributed by atoms with Crippen LogP contribution in [0, 0.1) is 6.92 Å². The minimum Gasteiger partial charge on any atom is -0.457 e. The van der Waals surface area contributed by atoms with Crippen molar-refractivity contribution in [1.29, 1.82) is 0 Å². The molecule has 0 aliphatic rings. The number of benzene rings is 3. The van der Waals surface area contributed by atoms with E-state index in [2.05, 4.69) is 17.6 Å². The number of urea groups is 1. The van der Waals surface area contributed by atoms with Crippen molar-refractivity contribution in [1.82, 2.24) is 5.32 Å². The normalized spacial score (nSPS) is 10.5. The van der Waals surface area contributed by atoms with E-state index in [9.17, 15) is 9.59 Å². The highest BCUT2D eigenvalue weighted by Crippen LogP contribution is 2.25. The Bertz CT molecular complexity index is 1070. The van der Waals surface area contributed by atoms with Crippen LogP contribution in [0.4, 0.5) is 16.2 Å². The van der Waals surface area contributed by atoms with E-state index >= 15 is 0 Å². The summed E-state index contributed by atoms with van der Waals surface area (Å²) in [7, 11) is 0. The first-order valence-corrected chi connectivity index (χ1v) is 12.8. The van der Waals surface area contributed by atoms with Crippen molar-refractivity contribution in [3.8, 4) is 11.5 Å². The second kappa shape index (κ2) is 14.6. The number of aryl methyl sites for hydroxylation is 1. The van der Waals surface area contributed by atoms with Gasteiger partial charge in [0.1, 0.15) is 11.5 Å². The maximum atomic E-state index is 13.2. The summed E-state index contributed by atoms with van der Waals surface area (Å²) in [5.74, 6) is 1.52. The van der Waals surface area contributed by atoms with Crippen LogP contribution in [-0.2, 0) is 4.79 Å². The van der Waals surface area contributed by atoms with Crippen molar-refractivity contribution >= 4 is 23.3 Å². The molecule has 6 heteroatoms. The predicted molar refractivity (Wildman–Crippen MR) is 147 cm³/mol. The average Bonchev–Trinajstić information content (AvgIpc) is 2.89. The molecule has 0 unspecified atom stereocenters. The van der Waals surface area contributed by atoms with Crippen LogP contribution in [0.15, 0.2) is 78.9 Å². The number of anilines is 2. The van der Waals surface area contributed by atoms with Crippen molar-refractivity contribution in [3.63, 3.8) is 0 Å². The molecular weight excluding hydrogens is 450 g/mol. The van der Waals surface area contributed by atoms with Crippen LogP contribution in [0.3, 0.4) is 0 Å². The summed E-state index contributed by atoms with van der Waals surface area (Å²) in [6.45, 7) is 5.16. The summed E-state index contributed by atoms with van der Waals surface area (Å²) in [6.07, 6.45) is 5.52. The lowest BCUT2D eigenvalue weighted by Crippen LogP contribution is -2.37. The van der Waals surface area contributed by atoms with Crippen LogP contribution >= 0.6 is 0 Å². The molecule has 0 fully saturated rings. The van der Waals surface area contributed by atoms with Gasteiger partial charge in [-0.2, -0.15) is 0 Å². The molecular formula is C30H37N3O3. The van der Waals surface area contributed by atoms with Gasteiger partial charge in [0.2, 0.25) is 5.91 Å². The zero-order valence-corrected chi connectivity index (χ0v) is 21.3. The van der Waals surface area contributed by atoms with Crippen molar-refractivity contribution in [2.24, 2.45) is 0 Å². The number of nitrogens with one attached hydrogen (secondary N) is 2. The van der Waals surface area contributed by atoms with E-state index in [-0.39, 0.29) is 11.9 Å². The quantitative estimate of drug-likeness (QED) is 0.248. The standard InChI is InChI=1S/C30H37N3O3/c1-3-4-5-9-13-29(34)31-22-10-23-33(30(35)32-25-16-14-24(2)15-17-25)26-18-20-28(21-19-26)36-27-11-7-6-8-12-27/h6-8,11-12,14-21H,3-5,9-10,13,22-23H2,1-2H3,(H,31,34)(H,32,35). The Labute approximate surface area is 214 Å². The molecule has 3 amide bonds. The number of carbonyl (C=O) groups is 2. The molecule has 3 rings (SSSR count). The highest BCUT2D eigenvalue weighted by atomic mass is 16.5. The van der Waals surface area contributed by atoms with Crippen LogP contribution in [0.5, 0.6) is 11.5 Å². The van der Waals surface area contributed by atoms with E-state index in [1.165, 1.54) is 0 Å². The number of hydrogen-bond acceptors (Lipinski definition) is 3. The second-order valence-electron chi connectivity index (χ2n) is 8.87. The smallest absolute Gasteiger partial charge is 0.326 e. The first-order chi connectivity index (χ1) is 17.5. The summed E-state index contributed by atoms with van der Waals surface area (Å²) >= 11 is 0. The fourth-order valence-corrected chi connectivity index (χ4v) is 3.76. The minimum atomic E-state index is -0.221. The highest BCUT2D eigenvalue weighted by Gasteiger charge is 2.16. The van der Waals surface area contributed by atoms with Crippen LogP contribution in [0.25, 0.3) is 0 Å². The van der Waals surface area contributed by atoms with Crippen molar-refractivity contribution in [2.45, 2.75) is 52.4 Å². The van der Waals surface area contributed by atoms with Gasteiger partial charge in [-0.3, -0.25) is 9.69 Å². The van der Waals surface area contributed by atoms with Crippen LogP contribution < -0.4 is 20.3 Å². The molecule has 0 heterocycles. The predicted octanol–water partition coefficient (Wildman–Crippen LogP) is 7.30. The van der Waals surface area contributed by atoms with E-state index < -0.39 is 0 Å². The van der Waals surface area contributed by atoms with Crippen LogP contribution in [0.1, 0.15) is 51.0 Å². The Morgan fingerprint density at radius 1 is 0.806 bits per heavy atom. The van der Waals surface area contributed by atoms with Gasteiger partial charge >= 0.3 is 6.03 Å².